The first-order valence-corrected chi connectivity index (χ1v) is 11.6. The molecule has 1 N–H and O–H groups in total. The van der Waals surface area contributed by atoms with Gasteiger partial charge in [-0.05, 0) is 61.7 Å². The van der Waals surface area contributed by atoms with Gasteiger partial charge in [-0.15, -0.1) is 18.7 Å². The Labute approximate surface area is 210 Å². The molecule has 13 heteroatoms. The van der Waals surface area contributed by atoms with Crippen LogP contribution in [-0.4, -0.2) is 39.6 Å². The summed E-state index contributed by atoms with van der Waals surface area (Å²) in [5.41, 5.74) is 5.60. The Bertz CT molecular complexity index is 1310. The molecule has 2 aromatic heterocycles. The third kappa shape index (κ3) is 5.75. The Morgan fingerprint density at radius 2 is 1.95 bits per heavy atom. The molecule has 192 valence electrons. The SMILES string of the molecule is CC1=CN(c2nc(-c3ccc(OC(F)(F)F)cc3)no2)NN1Cc1ccnc(N2CCC(C#N)CC2)c1. The number of rotatable bonds is 6. The van der Waals surface area contributed by atoms with E-state index in [-0.39, 0.29) is 23.5 Å². The van der Waals surface area contributed by atoms with Crippen molar-refractivity contribution in [1.82, 2.24) is 25.7 Å². The molecule has 0 amide bonds. The zero-order valence-corrected chi connectivity index (χ0v) is 19.8. The number of hydrogen-bond donors (Lipinski definition) is 1. The van der Waals surface area contributed by atoms with Crippen LogP contribution in [0.5, 0.6) is 5.75 Å². The number of nitriles is 1. The minimum Gasteiger partial charge on any atom is -0.406 e. The number of aromatic nitrogens is 3. The van der Waals surface area contributed by atoms with E-state index in [0.717, 1.165) is 43.0 Å². The number of nitrogens with zero attached hydrogens (tertiary/aromatic N) is 7. The van der Waals surface area contributed by atoms with E-state index in [0.29, 0.717) is 12.1 Å². The first-order chi connectivity index (χ1) is 17.8. The summed E-state index contributed by atoms with van der Waals surface area (Å²) in [6, 6.07) is 11.7. The topological polar surface area (TPSA) is 107 Å². The summed E-state index contributed by atoms with van der Waals surface area (Å²) in [6.45, 7) is 4.09. The van der Waals surface area contributed by atoms with Crippen LogP contribution in [0.3, 0.4) is 0 Å². The van der Waals surface area contributed by atoms with Gasteiger partial charge in [0.2, 0.25) is 5.82 Å². The van der Waals surface area contributed by atoms with Crippen LogP contribution in [0.2, 0.25) is 0 Å². The third-order valence-corrected chi connectivity index (χ3v) is 6.09. The Morgan fingerprint density at radius 1 is 1.19 bits per heavy atom. The molecule has 1 fully saturated rings. The maximum atomic E-state index is 12.4. The number of anilines is 2. The lowest BCUT2D eigenvalue weighted by Gasteiger charge is -2.30. The molecule has 4 heterocycles. The highest BCUT2D eigenvalue weighted by Gasteiger charge is 2.31. The zero-order valence-electron chi connectivity index (χ0n) is 19.8. The van der Waals surface area contributed by atoms with E-state index in [1.54, 1.807) is 17.4 Å². The summed E-state index contributed by atoms with van der Waals surface area (Å²) < 4.78 is 46.4. The number of alkyl halides is 3. The summed E-state index contributed by atoms with van der Waals surface area (Å²) >= 11 is 0. The van der Waals surface area contributed by atoms with Crippen molar-refractivity contribution in [1.29, 1.82) is 5.26 Å². The van der Waals surface area contributed by atoms with Crippen molar-refractivity contribution in [3.8, 4) is 23.2 Å². The second-order valence-corrected chi connectivity index (χ2v) is 8.71. The number of nitrogens with one attached hydrogen (secondary N) is 1. The molecular formula is C24H23F3N8O2. The summed E-state index contributed by atoms with van der Waals surface area (Å²) in [7, 11) is 0. The van der Waals surface area contributed by atoms with Crippen LogP contribution < -0.4 is 20.2 Å². The standard InChI is InChI=1S/C24H23F3N8O2/c1-16-14-35(23-30-22(31-37-23)19-2-4-20(5-3-19)36-24(25,26)27)32-34(16)15-18-6-9-29-21(12-18)33-10-7-17(13-28)8-11-33/h2-6,9,12,14,17,32H,7-8,10-11,15H2,1H3. The molecule has 37 heavy (non-hydrogen) atoms. The van der Waals surface area contributed by atoms with Crippen LogP contribution in [-0.2, 0) is 6.54 Å². The maximum absolute atomic E-state index is 12.4. The van der Waals surface area contributed by atoms with Crippen LogP contribution in [0, 0.1) is 17.2 Å². The highest BCUT2D eigenvalue weighted by atomic mass is 19.4. The molecule has 1 saturated heterocycles. The van der Waals surface area contributed by atoms with Gasteiger partial charge in [0.05, 0.1) is 12.6 Å². The Balaban J connectivity index is 1.22. The lowest BCUT2D eigenvalue weighted by molar-refractivity contribution is -0.274. The summed E-state index contributed by atoms with van der Waals surface area (Å²) in [6.07, 6.45) is 0.496. The fourth-order valence-corrected chi connectivity index (χ4v) is 4.14. The molecule has 2 aliphatic rings. The Hall–Kier alpha value is -4.31. The normalized spacial score (nSPS) is 16.6. The van der Waals surface area contributed by atoms with Crippen molar-refractivity contribution in [2.24, 2.45) is 5.92 Å². The van der Waals surface area contributed by atoms with Crippen molar-refractivity contribution < 1.29 is 22.4 Å². The molecular weight excluding hydrogens is 489 g/mol. The largest absolute Gasteiger partial charge is 0.573 e. The summed E-state index contributed by atoms with van der Waals surface area (Å²) in [5.74, 6) is 0.889. The van der Waals surface area contributed by atoms with Gasteiger partial charge in [0.25, 0.3) is 0 Å². The van der Waals surface area contributed by atoms with Gasteiger partial charge in [0.1, 0.15) is 11.6 Å². The monoisotopic (exact) mass is 512 g/mol. The first kappa shape index (κ1) is 24.4. The average molecular weight is 512 g/mol. The molecule has 0 bridgehead atoms. The Morgan fingerprint density at radius 3 is 2.65 bits per heavy atom. The maximum Gasteiger partial charge on any atom is 0.573 e. The predicted octanol–water partition coefficient (Wildman–Crippen LogP) is 4.37. The number of benzene rings is 1. The van der Waals surface area contributed by atoms with Crippen molar-refractivity contribution in [3.05, 3.63) is 60.1 Å². The second kappa shape index (κ2) is 9.98. The van der Waals surface area contributed by atoms with Gasteiger partial charge in [0.15, 0.2) is 0 Å². The number of halogens is 3. The fraction of sp³-hybridized carbons (Fsp3) is 0.333. The van der Waals surface area contributed by atoms with E-state index in [1.807, 2.05) is 24.1 Å². The van der Waals surface area contributed by atoms with E-state index >= 15 is 0 Å². The molecule has 0 unspecified atom stereocenters. The summed E-state index contributed by atoms with van der Waals surface area (Å²) in [5, 5.41) is 16.5. The quantitative estimate of drug-likeness (QED) is 0.512. The summed E-state index contributed by atoms with van der Waals surface area (Å²) in [4.78, 5) is 11.0. The van der Waals surface area contributed by atoms with Crippen LogP contribution >= 0.6 is 0 Å². The molecule has 3 aromatic rings. The van der Waals surface area contributed by atoms with Crippen molar-refractivity contribution in [3.63, 3.8) is 0 Å². The van der Waals surface area contributed by atoms with Gasteiger partial charge < -0.3 is 14.2 Å². The van der Waals surface area contributed by atoms with E-state index in [1.165, 1.54) is 24.3 Å². The van der Waals surface area contributed by atoms with Crippen molar-refractivity contribution >= 4 is 11.8 Å². The van der Waals surface area contributed by atoms with E-state index < -0.39 is 6.36 Å². The molecule has 10 nitrogen and oxygen atoms in total. The Kier molecular flexibility index (Phi) is 6.58. The van der Waals surface area contributed by atoms with Crippen molar-refractivity contribution in [2.45, 2.75) is 32.7 Å². The molecule has 5 rings (SSSR count). The van der Waals surface area contributed by atoms with Gasteiger partial charge >= 0.3 is 12.4 Å². The molecule has 0 spiro atoms. The van der Waals surface area contributed by atoms with Crippen LogP contribution in [0.1, 0.15) is 25.3 Å². The molecule has 0 atom stereocenters. The molecule has 0 saturated carbocycles. The van der Waals surface area contributed by atoms with Gasteiger partial charge in [-0.3, -0.25) is 5.01 Å². The van der Waals surface area contributed by atoms with E-state index in [9.17, 15) is 13.2 Å². The average Bonchev–Trinajstić information content (AvgIpc) is 3.51. The number of piperidine rings is 1. The number of ether oxygens (including phenoxy) is 1. The van der Waals surface area contributed by atoms with E-state index in [4.69, 9.17) is 9.78 Å². The number of pyridine rings is 1. The molecule has 1 aromatic carbocycles. The molecule has 0 radical (unpaired) electrons. The lowest BCUT2D eigenvalue weighted by atomic mass is 9.98. The van der Waals surface area contributed by atoms with Crippen LogP contribution in [0.4, 0.5) is 25.0 Å². The zero-order chi connectivity index (χ0) is 26.0. The third-order valence-electron chi connectivity index (χ3n) is 6.09. The smallest absolute Gasteiger partial charge is 0.406 e. The minimum absolute atomic E-state index is 0.111. The van der Waals surface area contributed by atoms with Crippen LogP contribution in [0.25, 0.3) is 11.4 Å². The fourth-order valence-electron chi connectivity index (χ4n) is 4.14. The van der Waals surface area contributed by atoms with Gasteiger partial charge in [-0.2, -0.15) is 10.2 Å². The van der Waals surface area contributed by atoms with Gasteiger partial charge in [-0.25, -0.2) is 9.99 Å². The van der Waals surface area contributed by atoms with Gasteiger partial charge in [-0.1, -0.05) is 5.16 Å². The second-order valence-electron chi connectivity index (χ2n) is 8.71. The first-order valence-electron chi connectivity index (χ1n) is 11.6. The molecule has 0 aliphatic carbocycles. The molecule has 2 aliphatic heterocycles. The number of allylic oxidation sites excluding steroid dienone is 1. The van der Waals surface area contributed by atoms with Crippen LogP contribution in [0.15, 0.2) is 59.0 Å². The van der Waals surface area contributed by atoms with Crippen molar-refractivity contribution in [2.75, 3.05) is 23.0 Å². The predicted molar refractivity (Wildman–Crippen MR) is 126 cm³/mol. The highest BCUT2D eigenvalue weighted by Crippen LogP contribution is 2.28. The highest BCUT2D eigenvalue weighted by molar-refractivity contribution is 5.57. The minimum atomic E-state index is -4.76. The van der Waals surface area contributed by atoms with E-state index in [2.05, 4.69) is 36.4 Å². The number of hydrogen-bond acceptors (Lipinski definition) is 10. The lowest BCUT2D eigenvalue weighted by Crippen LogP contribution is -2.40. The van der Waals surface area contributed by atoms with Gasteiger partial charge in [0, 0.05) is 42.7 Å². The number of hydrazine groups is 2.